The number of rotatable bonds is 12. The van der Waals surface area contributed by atoms with Crippen molar-refractivity contribution in [2.45, 2.75) is 0 Å². The van der Waals surface area contributed by atoms with Gasteiger partial charge in [-0.2, -0.15) is 0 Å². The summed E-state index contributed by atoms with van der Waals surface area (Å²) >= 11 is 0. The molecule has 0 saturated carbocycles. The van der Waals surface area contributed by atoms with Crippen molar-refractivity contribution in [2.75, 3.05) is 0 Å². The van der Waals surface area contributed by atoms with Crippen LogP contribution in [0.5, 0.6) is 0 Å². The molecule has 0 aliphatic rings. The summed E-state index contributed by atoms with van der Waals surface area (Å²) in [7, 11) is 0. The molecule has 9 heteroatoms. The van der Waals surface area contributed by atoms with E-state index in [9.17, 15) is 0 Å². The Morgan fingerprint density at radius 1 is 0.0845 bits per heavy atom. The zero-order chi connectivity index (χ0) is 93.9. The Morgan fingerprint density at radius 3 is 0.669 bits per heavy atom. The number of benzene rings is 25. The van der Waals surface area contributed by atoms with Crippen molar-refractivity contribution in [3.8, 4) is 136 Å². The zero-order valence-corrected chi connectivity index (χ0v) is 76.9. The molecular weight excluding hydrogens is 1720 g/mol. The first-order valence-electron chi connectivity index (χ1n) is 48.0. The molecule has 142 heavy (non-hydrogen) atoms. The minimum atomic E-state index is 0.651. The quantitative estimate of drug-likeness (QED) is 0.110. The molecule has 9 nitrogen and oxygen atoms in total. The third-order valence-electron chi connectivity index (χ3n) is 27.6. The summed E-state index contributed by atoms with van der Waals surface area (Å²) in [6, 6.07) is 178. The molecule has 0 amide bonds. The van der Waals surface area contributed by atoms with E-state index in [1.54, 1.807) is 0 Å². The lowest BCUT2D eigenvalue weighted by Crippen LogP contribution is -2.00. The van der Waals surface area contributed by atoms with E-state index in [0.717, 1.165) is 77.7 Å². The number of fused-ring (bicyclic) bond motifs is 22. The van der Waals surface area contributed by atoms with Gasteiger partial charge < -0.3 is 0 Å². The summed E-state index contributed by atoms with van der Waals surface area (Å²) in [4.78, 5) is 44.2. The zero-order valence-electron chi connectivity index (χ0n) is 76.9. The van der Waals surface area contributed by atoms with Gasteiger partial charge in [0, 0.05) is 50.1 Å². The van der Waals surface area contributed by atoms with Crippen molar-refractivity contribution < 1.29 is 0 Å². The van der Waals surface area contributed by atoms with Crippen LogP contribution in [0.4, 0.5) is 0 Å². The number of hydrogen-bond acceptors (Lipinski definition) is 9. The number of nitrogens with zero attached hydrogens (tertiary/aromatic N) is 9. The van der Waals surface area contributed by atoms with Crippen LogP contribution in [0.15, 0.2) is 504 Å². The molecule has 28 aromatic rings. The SMILES string of the molecule is c1ccc(-c2nc(-c3ccc(-c4ccc5c(ccc6c5ccc5ccc7ccccc7c56)c4)cc3)nc(-c3ccc4ccccc4c3)n2)cc1.c1ccc(-c2nc(-c3ccccc3)nc(-c3ccc(-c4ccc5c(ccc6ccc7c8ccccc8ccc7c65)c4)cc3)n2)cc1.c1ccc(-c2nc(-c3ccccc3)nc(-c3cccc(-c4ccc5c(ccc6ccc7c8ccccc8ccc7c65)c4)c3)n2)cc1. The number of aromatic nitrogens is 9. The first-order chi connectivity index (χ1) is 70.3. The predicted molar refractivity (Wildman–Crippen MR) is 592 cm³/mol. The molecule has 0 saturated heterocycles. The van der Waals surface area contributed by atoms with Gasteiger partial charge in [0.1, 0.15) is 0 Å². The molecule has 660 valence electrons. The van der Waals surface area contributed by atoms with Gasteiger partial charge in [-0.15, -0.1) is 0 Å². The Balaban J connectivity index is 0.000000109. The maximum absolute atomic E-state index is 5.00. The van der Waals surface area contributed by atoms with Gasteiger partial charge in [0.25, 0.3) is 0 Å². The number of hydrogen-bond donors (Lipinski definition) is 0. The van der Waals surface area contributed by atoms with Crippen LogP contribution in [-0.4, -0.2) is 44.9 Å². The molecule has 3 aromatic heterocycles. The molecule has 0 N–H and O–H groups in total. The molecule has 0 bridgehead atoms. The van der Waals surface area contributed by atoms with Gasteiger partial charge in [-0.25, -0.2) is 44.9 Å². The van der Waals surface area contributed by atoms with Crippen molar-refractivity contribution in [3.63, 3.8) is 0 Å². The second-order valence-corrected chi connectivity index (χ2v) is 36.2. The summed E-state index contributed by atoms with van der Waals surface area (Å²) in [5.74, 6) is 5.92. The molecule has 25 aromatic carbocycles. The van der Waals surface area contributed by atoms with Crippen molar-refractivity contribution in [1.82, 2.24) is 44.9 Å². The molecule has 0 atom stereocenters. The Hall–Kier alpha value is -19.1. The Morgan fingerprint density at radius 2 is 0.275 bits per heavy atom. The molecule has 0 spiro atoms. The average Bonchev–Trinajstić information content (AvgIpc) is 0.745. The van der Waals surface area contributed by atoms with E-state index in [-0.39, 0.29) is 0 Å². The second kappa shape index (κ2) is 35.9. The highest BCUT2D eigenvalue weighted by Gasteiger charge is 2.21. The smallest absolute Gasteiger partial charge is 0.164 e. The second-order valence-electron chi connectivity index (χ2n) is 36.2. The molecule has 0 aliphatic carbocycles. The van der Waals surface area contributed by atoms with Gasteiger partial charge in [0.05, 0.1) is 0 Å². The van der Waals surface area contributed by atoms with Gasteiger partial charge in [-0.05, 0) is 204 Å². The molecule has 3 heterocycles. The topological polar surface area (TPSA) is 116 Å². The summed E-state index contributed by atoms with van der Waals surface area (Å²) < 4.78 is 0. The highest BCUT2D eigenvalue weighted by molar-refractivity contribution is 6.28. The van der Waals surface area contributed by atoms with Crippen LogP contribution in [0.2, 0.25) is 0 Å². The van der Waals surface area contributed by atoms with E-state index in [0.29, 0.717) is 52.4 Å². The average molecular weight is 1810 g/mol. The van der Waals surface area contributed by atoms with Crippen LogP contribution >= 0.6 is 0 Å². The van der Waals surface area contributed by atoms with E-state index < -0.39 is 0 Å². The van der Waals surface area contributed by atoms with Gasteiger partial charge in [-0.3, -0.25) is 0 Å². The van der Waals surface area contributed by atoms with Crippen molar-refractivity contribution in [2.24, 2.45) is 0 Å². The fraction of sp³-hybridized carbons (Fsp3) is 0. The molecule has 0 aliphatic heterocycles. The van der Waals surface area contributed by atoms with E-state index in [2.05, 4.69) is 352 Å². The lowest BCUT2D eigenvalue weighted by Gasteiger charge is -2.12. The lowest BCUT2D eigenvalue weighted by atomic mass is 9.92. The maximum atomic E-state index is 5.00. The largest absolute Gasteiger partial charge is 0.208 e. The Kier molecular flexibility index (Phi) is 21.1. The van der Waals surface area contributed by atoms with Crippen LogP contribution in [0.3, 0.4) is 0 Å². The van der Waals surface area contributed by atoms with Crippen molar-refractivity contribution >= 4 is 140 Å². The van der Waals surface area contributed by atoms with Crippen LogP contribution < -0.4 is 0 Å². The summed E-state index contributed by atoms with van der Waals surface area (Å²) in [5.41, 5.74) is 15.5. The summed E-state index contributed by atoms with van der Waals surface area (Å²) in [6.45, 7) is 0. The van der Waals surface area contributed by atoms with Crippen LogP contribution in [-0.2, 0) is 0 Å². The summed E-state index contributed by atoms with van der Waals surface area (Å²) in [5, 5.41) is 32.9. The van der Waals surface area contributed by atoms with Crippen LogP contribution in [0, 0.1) is 0 Å². The molecule has 28 rings (SSSR count). The van der Waals surface area contributed by atoms with E-state index in [1.807, 2.05) is 152 Å². The van der Waals surface area contributed by atoms with E-state index in [1.165, 1.54) is 146 Å². The standard InChI is InChI=1S/C47H29N3.2C43H27N3/c1-2-10-34(11-3-1)45-48-46(50-47(49-45)39-21-16-30-8-4-5-12-36(30)29-39)35-19-14-31(15-20-35)37-23-25-40-38(28-37)24-27-43-42(40)26-22-33-18-17-32-9-6-7-13-41(32)44(33)43;1-3-11-30(12-4-1)41-44-42(31-13-5-2-6-14-31)46-43(45-41)35-16-9-15-32(27-35)33-22-23-37-34(26-33)19-18-29-21-24-38-36-17-8-7-10-28(36)20-25-39(38)40(29)37;1-3-10-31(11-4-1)41-44-42(32-12-5-2-6-13-32)46-43(45-41)33-18-15-28(16-19-33)34-23-24-37-35(27-34)20-17-30-22-25-38-36-14-8-7-9-29(36)21-26-39(38)40(30)37/h1-29H;2*1-27H. The van der Waals surface area contributed by atoms with E-state index in [4.69, 9.17) is 44.9 Å². The Bertz CT molecular complexity index is 9720. The minimum absolute atomic E-state index is 0.651. The van der Waals surface area contributed by atoms with Crippen LogP contribution in [0.25, 0.3) is 276 Å². The highest BCUT2D eigenvalue weighted by atomic mass is 15.1. The Labute approximate surface area is 818 Å². The monoisotopic (exact) mass is 1810 g/mol. The lowest BCUT2D eigenvalue weighted by molar-refractivity contribution is 1.07. The molecular formula is C133H83N9. The van der Waals surface area contributed by atoms with Gasteiger partial charge in [0.2, 0.25) is 0 Å². The highest BCUT2D eigenvalue weighted by Crippen LogP contribution is 2.44. The predicted octanol–water partition coefficient (Wildman–Crippen LogP) is 34.6. The fourth-order valence-corrected chi connectivity index (χ4v) is 20.5. The summed E-state index contributed by atoms with van der Waals surface area (Å²) in [6.07, 6.45) is 0. The molecule has 0 radical (unpaired) electrons. The van der Waals surface area contributed by atoms with Crippen molar-refractivity contribution in [3.05, 3.63) is 504 Å². The first kappa shape index (κ1) is 83.5. The third-order valence-corrected chi connectivity index (χ3v) is 27.6. The van der Waals surface area contributed by atoms with Gasteiger partial charge >= 0.3 is 0 Å². The van der Waals surface area contributed by atoms with Gasteiger partial charge in [0.15, 0.2) is 52.4 Å². The normalized spacial score (nSPS) is 11.5. The van der Waals surface area contributed by atoms with Crippen LogP contribution in [0.1, 0.15) is 0 Å². The van der Waals surface area contributed by atoms with Crippen molar-refractivity contribution in [1.29, 1.82) is 0 Å². The maximum Gasteiger partial charge on any atom is 0.164 e. The minimum Gasteiger partial charge on any atom is -0.208 e. The molecule has 0 fully saturated rings. The fourth-order valence-electron chi connectivity index (χ4n) is 20.5. The van der Waals surface area contributed by atoms with E-state index >= 15 is 0 Å². The third kappa shape index (κ3) is 15.8. The molecule has 0 unspecified atom stereocenters. The first-order valence-corrected chi connectivity index (χ1v) is 48.0. The van der Waals surface area contributed by atoms with Gasteiger partial charge in [-0.1, -0.05) is 473 Å².